The third-order valence-electron chi connectivity index (χ3n) is 4.11. The molecule has 0 unspecified atom stereocenters. The van der Waals surface area contributed by atoms with Crippen LogP contribution in [0.3, 0.4) is 0 Å². The van der Waals surface area contributed by atoms with Crippen LogP contribution < -0.4 is 10.1 Å². The van der Waals surface area contributed by atoms with Gasteiger partial charge in [0.05, 0.1) is 12.7 Å². The lowest BCUT2D eigenvalue weighted by molar-refractivity contribution is 0.0697. The van der Waals surface area contributed by atoms with Crippen molar-refractivity contribution in [2.45, 2.75) is 6.61 Å². The molecule has 6 heteroatoms. The molecule has 0 spiro atoms. The minimum absolute atomic E-state index is 0.141. The second kappa shape index (κ2) is 8.73. The normalized spacial score (nSPS) is 10.2. The Bertz CT molecular complexity index is 968. The first-order chi connectivity index (χ1) is 13.6. The number of carboxylic acid groups (broad SMARTS) is 1. The van der Waals surface area contributed by atoms with E-state index in [1.165, 1.54) is 13.2 Å². The molecule has 3 aromatic carbocycles. The van der Waals surface area contributed by atoms with Gasteiger partial charge in [0.15, 0.2) is 0 Å². The Morgan fingerprint density at radius 1 is 0.964 bits per heavy atom. The summed E-state index contributed by atoms with van der Waals surface area (Å²) in [4.78, 5) is 23.5. The zero-order chi connectivity index (χ0) is 19.9. The number of rotatable bonds is 6. The van der Waals surface area contributed by atoms with E-state index in [9.17, 15) is 14.7 Å². The largest absolute Gasteiger partial charge is 0.497 e. The van der Waals surface area contributed by atoms with Gasteiger partial charge in [-0.1, -0.05) is 42.5 Å². The van der Waals surface area contributed by atoms with Gasteiger partial charge in [-0.15, -0.1) is 0 Å². The fourth-order valence-corrected chi connectivity index (χ4v) is 2.69. The first-order valence-corrected chi connectivity index (χ1v) is 8.56. The van der Waals surface area contributed by atoms with Gasteiger partial charge in [-0.05, 0) is 47.0 Å². The highest BCUT2D eigenvalue weighted by molar-refractivity contribution is 5.96. The Balaban J connectivity index is 1.68. The van der Waals surface area contributed by atoms with Crippen molar-refractivity contribution >= 4 is 17.7 Å². The average molecular weight is 377 g/mol. The lowest BCUT2D eigenvalue weighted by Gasteiger charge is -2.10. The summed E-state index contributed by atoms with van der Waals surface area (Å²) in [5.74, 6) is -0.568. The van der Waals surface area contributed by atoms with Crippen LogP contribution in [0.4, 0.5) is 10.5 Å². The smallest absolute Gasteiger partial charge is 0.411 e. The minimum Gasteiger partial charge on any atom is -0.497 e. The molecule has 3 rings (SSSR count). The lowest BCUT2D eigenvalue weighted by atomic mass is 9.99. The van der Waals surface area contributed by atoms with Gasteiger partial charge in [0, 0.05) is 5.69 Å². The Labute approximate surface area is 162 Å². The monoisotopic (exact) mass is 377 g/mol. The van der Waals surface area contributed by atoms with Gasteiger partial charge in [-0.2, -0.15) is 0 Å². The van der Waals surface area contributed by atoms with Crippen molar-refractivity contribution in [3.05, 3.63) is 83.9 Å². The summed E-state index contributed by atoms with van der Waals surface area (Å²) in [6, 6.07) is 21.1. The molecule has 28 heavy (non-hydrogen) atoms. The minimum atomic E-state index is -1.04. The standard InChI is InChI=1S/C22H19NO5/c1-27-18-11-12-19(20(13-18)21(24)25)16-7-9-17(10-8-16)23-22(26)28-14-15-5-3-2-4-6-15/h2-13H,14H2,1H3,(H,23,26)(H,24,25). The van der Waals surface area contributed by atoms with E-state index in [0.29, 0.717) is 22.6 Å². The first-order valence-electron chi connectivity index (χ1n) is 8.56. The first kappa shape index (κ1) is 19.0. The molecule has 0 aliphatic rings. The fourth-order valence-electron chi connectivity index (χ4n) is 2.69. The Kier molecular flexibility index (Phi) is 5.91. The number of ether oxygens (including phenoxy) is 2. The number of carbonyl (C=O) groups is 2. The van der Waals surface area contributed by atoms with E-state index in [0.717, 1.165) is 5.56 Å². The van der Waals surface area contributed by atoms with Gasteiger partial charge in [0.25, 0.3) is 0 Å². The topological polar surface area (TPSA) is 84.9 Å². The third kappa shape index (κ3) is 4.67. The number of anilines is 1. The van der Waals surface area contributed by atoms with E-state index >= 15 is 0 Å². The highest BCUT2D eigenvalue weighted by Gasteiger charge is 2.13. The quantitative estimate of drug-likeness (QED) is 0.644. The molecule has 0 bridgehead atoms. The number of hydrogen-bond acceptors (Lipinski definition) is 4. The van der Waals surface area contributed by atoms with Crippen molar-refractivity contribution in [3.63, 3.8) is 0 Å². The van der Waals surface area contributed by atoms with Crippen LogP contribution in [0.25, 0.3) is 11.1 Å². The van der Waals surface area contributed by atoms with Gasteiger partial charge >= 0.3 is 12.1 Å². The lowest BCUT2D eigenvalue weighted by Crippen LogP contribution is -2.13. The molecule has 6 nitrogen and oxygen atoms in total. The number of hydrogen-bond donors (Lipinski definition) is 2. The fraction of sp³-hybridized carbons (Fsp3) is 0.0909. The number of benzene rings is 3. The summed E-state index contributed by atoms with van der Waals surface area (Å²) in [6.07, 6.45) is -0.563. The second-order valence-electron chi connectivity index (χ2n) is 5.98. The zero-order valence-electron chi connectivity index (χ0n) is 15.2. The molecule has 0 saturated heterocycles. The maximum Gasteiger partial charge on any atom is 0.411 e. The summed E-state index contributed by atoms with van der Waals surface area (Å²) in [7, 11) is 1.48. The van der Waals surface area contributed by atoms with Crippen LogP contribution in [0.2, 0.25) is 0 Å². The molecular formula is C22H19NO5. The second-order valence-corrected chi connectivity index (χ2v) is 5.98. The van der Waals surface area contributed by atoms with Crippen LogP contribution in [-0.4, -0.2) is 24.3 Å². The van der Waals surface area contributed by atoms with Crippen LogP contribution in [0, 0.1) is 0 Å². The van der Waals surface area contributed by atoms with Crippen LogP contribution >= 0.6 is 0 Å². The van der Waals surface area contributed by atoms with Crippen molar-refractivity contribution < 1.29 is 24.2 Å². The summed E-state index contributed by atoms with van der Waals surface area (Å²) in [6.45, 7) is 0.179. The van der Waals surface area contributed by atoms with Gasteiger partial charge < -0.3 is 14.6 Å². The molecule has 0 radical (unpaired) electrons. The Morgan fingerprint density at radius 2 is 1.68 bits per heavy atom. The molecule has 0 aliphatic heterocycles. The summed E-state index contributed by atoms with van der Waals surface area (Å²) in [5, 5.41) is 12.1. The SMILES string of the molecule is COc1ccc(-c2ccc(NC(=O)OCc3ccccc3)cc2)c(C(=O)O)c1. The summed E-state index contributed by atoms with van der Waals surface area (Å²) >= 11 is 0. The predicted octanol–water partition coefficient (Wildman–Crippen LogP) is 4.81. The molecule has 0 atom stereocenters. The number of carbonyl (C=O) groups excluding carboxylic acids is 1. The van der Waals surface area contributed by atoms with E-state index < -0.39 is 12.1 Å². The molecule has 142 valence electrons. The van der Waals surface area contributed by atoms with E-state index in [1.54, 1.807) is 36.4 Å². The Morgan fingerprint density at radius 3 is 2.32 bits per heavy atom. The van der Waals surface area contributed by atoms with E-state index in [-0.39, 0.29) is 12.2 Å². The molecule has 0 aliphatic carbocycles. The van der Waals surface area contributed by atoms with Crippen molar-refractivity contribution in [2.24, 2.45) is 0 Å². The van der Waals surface area contributed by atoms with Gasteiger partial charge in [-0.3, -0.25) is 5.32 Å². The zero-order valence-corrected chi connectivity index (χ0v) is 15.2. The number of nitrogens with one attached hydrogen (secondary N) is 1. The summed E-state index contributed by atoms with van der Waals surface area (Å²) in [5.41, 5.74) is 2.86. The molecule has 0 fully saturated rings. The van der Waals surface area contributed by atoms with Crippen molar-refractivity contribution in [2.75, 3.05) is 12.4 Å². The van der Waals surface area contributed by atoms with Gasteiger partial charge in [-0.25, -0.2) is 9.59 Å². The molecule has 0 heterocycles. The molecular weight excluding hydrogens is 358 g/mol. The number of amides is 1. The summed E-state index contributed by atoms with van der Waals surface area (Å²) < 4.78 is 10.3. The van der Waals surface area contributed by atoms with Crippen LogP contribution in [-0.2, 0) is 11.3 Å². The highest BCUT2D eigenvalue weighted by Crippen LogP contribution is 2.28. The molecule has 3 aromatic rings. The van der Waals surface area contributed by atoms with Crippen molar-refractivity contribution in [3.8, 4) is 16.9 Å². The van der Waals surface area contributed by atoms with Gasteiger partial charge in [0.2, 0.25) is 0 Å². The average Bonchev–Trinajstić information content (AvgIpc) is 2.73. The van der Waals surface area contributed by atoms with Crippen molar-refractivity contribution in [1.29, 1.82) is 0 Å². The molecule has 0 saturated carbocycles. The molecule has 2 N–H and O–H groups in total. The molecule has 1 amide bonds. The van der Waals surface area contributed by atoms with Crippen LogP contribution in [0.5, 0.6) is 5.75 Å². The van der Waals surface area contributed by atoms with E-state index in [4.69, 9.17) is 9.47 Å². The van der Waals surface area contributed by atoms with E-state index in [2.05, 4.69) is 5.32 Å². The van der Waals surface area contributed by atoms with Crippen LogP contribution in [0.15, 0.2) is 72.8 Å². The van der Waals surface area contributed by atoms with Crippen molar-refractivity contribution in [1.82, 2.24) is 0 Å². The number of methoxy groups -OCH3 is 1. The van der Waals surface area contributed by atoms with Crippen LogP contribution in [0.1, 0.15) is 15.9 Å². The number of carboxylic acids is 1. The predicted molar refractivity (Wildman–Crippen MR) is 106 cm³/mol. The maximum absolute atomic E-state index is 11.9. The highest BCUT2D eigenvalue weighted by atomic mass is 16.5. The van der Waals surface area contributed by atoms with E-state index in [1.807, 2.05) is 30.3 Å². The molecule has 0 aromatic heterocycles. The Hall–Kier alpha value is -3.80. The maximum atomic E-state index is 11.9. The van der Waals surface area contributed by atoms with Gasteiger partial charge in [0.1, 0.15) is 12.4 Å². The third-order valence-corrected chi connectivity index (χ3v) is 4.11. The number of aromatic carboxylic acids is 1.